The first-order valence-corrected chi connectivity index (χ1v) is 10.4. The molecule has 2 aromatic rings. The highest BCUT2D eigenvalue weighted by molar-refractivity contribution is 8.00. The van der Waals surface area contributed by atoms with Crippen molar-refractivity contribution in [2.24, 2.45) is 0 Å². The Kier molecular flexibility index (Phi) is 6.35. The molecule has 0 radical (unpaired) electrons. The van der Waals surface area contributed by atoms with Crippen LogP contribution in [0, 0.1) is 0 Å². The Morgan fingerprint density at radius 3 is 2.74 bits per heavy atom. The number of thioether (sulfide) groups is 1. The number of fused-ring (bicyclic) bond motifs is 1. The zero-order valence-electron chi connectivity index (χ0n) is 15.1. The Bertz CT molecular complexity index is 875. The van der Waals surface area contributed by atoms with E-state index >= 15 is 0 Å². The van der Waals surface area contributed by atoms with Gasteiger partial charge in [0.1, 0.15) is 0 Å². The van der Waals surface area contributed by atoms with E-state index in [2.05, 4.69) is 0 Å². The Hall–Kier alpha value is -1.69. The van der Waals surface area contributed by atoms with E-state index in [9.17, 15) is 9.59 Å². The Balaban J connectivity index is 1.67. The van der Waals surface area contributed by atoms with E-state index in [4.69, 9.17) is 23.2 Å². The van der Waals surface area contributed by atoms with Crippen LogP contribution in [0.2, 0.25) is 10.0 Å². The second kappa shape index (κ2) is 8.55. The summed E-state index contributed by atoms with van der Waals surface area (Å²) in [4.78, 5) is 29.5. The van der Waals surface area contributed by atoms with E-state index < -0.39 is 0 Å². The molecule has 0 saturated heterocycles. The van der Waals surface area contributed by atoms with Gasteiger partial charge in [0.05, 0.1) is 17.5 Å². The molecule has 0 bridgehead atoms. The molecule has 1 unspecified atom stereocenters. The number of para-hydroxylation sites is 1. The maximum Gasteiger partial charge on any atom is 0.237 e. The first-order valence-electron chi connectivity index (χ1n) is 8.61. The molecule has 27 heavy (non-hydrogen) atoms. The first kappa shape index (κ1) is 20.1. The highest BCUT2D eigenvalue weighted by atomic mass is 35.5. The molecule has 0 fully saturated rings. The Morgan fingerprint density at radius 2 is 2.00 bits per heavy atom. The molecule has 1 atom stereocenters. The topological polar surface area (TPSA) is 40.6 Å². The summed E-state index contributed by atoms with van der Waals surface area (Å²) in [7, 11) is 1.75. The van der Waals surface area contributed by atoms with Crippen LogP contribution in [0.5, 0.6) is 0 Å². The number of hydrogen-bond acceptors (Lipinski definition) is 3. The number of carbonyl (C=O) groups is 2. The number of halogens is 2. The average molecular weight is 423 g/mol. The molecule has 1 aliphatic rings. The van der Waals surface area contributed by atoms with Crippen LogP contribution in [-0.2, 0) is 9.59 Å². The monoisotopic (exact) mass is 422 g/mol. The maximum atomic E-state index is 12.7. The van der Waals surface area contributed by atoms with Gasteiger partial charge in [-0.25, -0.2) is 0 Å². The lowest BCUT2D eigenvalue weighted by atomic mass is 10.1. The third-order valence-electron chi connectivity index (χ3n) is 4.74. The summed E-state index contributed by atoms with van der Waals surface area (Å²) >= 11 is 13.8. The predicted octanol–water partition coefficient (Wildman–Crippen LogP) is 5.04. The highest BCUT2D eigenvalue weighted by Crippen LogP contribution is 2.35. The normalized spacial score (nSPS) is 14.7. The molecule has 0 aliphatic carbocycles. The number of hydrogen-bond donors (Lipinski definition) is 0. The van der Waals surface area contributed by atoms with Crippen LogP contribution >= 0.6 is 35.0 Å². The smallest absolute Gasteiger partial charge is 0.237 e. The van der Waals surface area contributed by atoms with Crippen LogP contribution in [0.1, 0.15) is 24.9 Å². The molecule has 0 spiro atoms. The average Bonchev–Trinajstić information content (AvgIpc) is 2.66. The Morgan fingerprint density at radius 1 is 1.26 bits per heavy atom. The number of rotatable bonds is 5. The lowest BCUT2D eigenvalue weighted by Gasteiger charge is -2.30. The fourth-order valence-electron chi connectivity index (χ4n) is 3.05. The minimum Gasteiger partial charge on any atom is -0.339 e. The van der Waals surface area contributed by atoms with Crippen LogP contribution in [0.15, 0.2) is 47.4 Å². The molecule has 1 aliphatic heterocycles. The van der Waals surface area contributed by atoms with Gasteiger partial charge in [0, 0.05) is 35.0 Å². The molecule has 142 valence electrons. The molecular weight excluding hydrogens is 403 g/mol. The third kappa shape index (κ3) is 4.42. The number of anilines is 1. The van der Waals surface area contributed by atoms with Crippen molar-refractivity contribution in [3.8, 4) is 0 Å². The van der Waals surface area contributed by atoms with Crippen LogP contribution in [0.25, 0.3) is 0 Å². The predicted molar refractivity (Wildman–Crippen MR) is 112 cm³/mol. The highest BCUT2D eigenvalue weighted by Gasteiger charge is 2.26. The summed E-state index contributed by atoms with van der Waals surface area (Å²) < 4.78 is 0. The zero-order valence-corrected chi connectivity index (χ0v) is 17.4. The van der Waals surface area contributed by atoms with E-state index in [0.717, 1.165) is 16.1 Å². The number of carbonyl (C=O) groups excluding carboxylic acids is 2. The van der Waals surface area contributed by atoms with Crippen molar-refractivity contribution in [2.45, 2.75) is 24.3 Å². The first-order chi connectivity index (χ1) is 12.9. The lowest BCUT2D eigenvalue weighted by Crippen LogP contribution is -2.39. The SMILES string of the molecule is CC(c1ccc(Cl)cc1Cl)N(C)C(=O)CCN1C(=O)CSc2ccccc21. The van der Waals surface area contributed by atoms with Crippen LogP contribution < -0.4 is 4.90 Å². The van der Waals surface area contributed by atoms with Gasteiger partial charge < -0.3 is 9.80 Å². The fourth-order valence-corrected chi connectivity index (χ4v) is 4.55. The van der Waals surface area contributed by atoms with E-state index in [1.165, 1.54) is 11.8 Å². The van der Waals surface area contributed by atoms with Crippen molar-refractivity contribution >= 4 is 52.5 Å². The second-order valence-electron chi connectivity index (χ2n) is 6.40. The summed E-state index contributed by atoms with van der Waals surface area (Å²) in [6.07, 6.45) is 0.247. The van der Waals surface area contributed by atoms with Crippen molar-refractivity contribution in [3.63, 3.8) is 0 Å². The minimum absolute atomic E-state index is 0.0305. The van der Waals surface area contributed by atoms with E-state index in [0.29, 0.717) is 22.3 Å². The number of benzene rings is 2. The van der Waals surface area contributed by atoms with Gasteiger partial charge in [0.25, 0.3) is 0 Å². The summed E-state index contributed by atoms with van der Waals surface area (Å²) in [5.74, 6) is 0.387. The molecule has 0 aromatic heterocycles. The van der Waals surface area contributed by atoms with Gasteiger partial charge in [0.2, 0.25) is 11.8 Å². The van der Waals surface area contributed by atoms with Gasteiger partial charge in [-0.05, 0) is 36.8 Å². The van der Waals surface area contributed by atoms with Crippen LogP contribution in [0.4, 0.5) is 5.69 Å². The summed E-state index contributed by atoms with van der Waals surface area (Å²) in [6, 6.07) is 12.9. The molecule has 1 heterocycles. The molecule has 2 amide bonds. The second-order valence-corrected chi connectivity index (χ2v) is 8.26. The van der Waals surface area contributed by atoms with E-state index in [1.807, 2.05) is 37.3 Å². The molecule has 0 saturated carbocycles. The van der Waals surface area contributed by atoms with Gasteiger partial charge >= 0.3 is 0 Å². The fraction of sp³-hybridized carbons (Fsp3) is 0.300. The summed E-state index contributed by atoms with van der Waals surface area (Å²) in [5.41, 5.74) is 1.72. The molecular formula is C20H20Cl2N2O2S. The molecule has 2 aromatic carbocycles. The van der Waals surface area contributed by atoms with Crippen LogP contribution in [-0.4, -0.2) is 36.1 Å². The van der Waals surface area contributed by atoms with Crippen molar-refractivity contribution < 1.29 is 9.59 Å². The number of amides is 2. The minimum atomic E-state index is -0.192. The quantitative estimate of drug-likeness (QED) is 0.677. The largest absolute Gasteiger partial charge is 0.339 e. The summed E-state index contributed by atoms with van der Waals surface area (Å²) in [6.45, 7) is 2.28. The van der Waals surface area contributed by atoms with Crippen molar-refractivity contribution in [1.82, 2.24) is 4.90 Å². The summed E-state index contributed by atoms with van der Waals surface area (Å²) in [5, 5.41) is 1.09. The van der Waals surface area contributed by atoms with Crippen molar-refractivity contribution in [1.29, 1.82) is 0 Å². The van der Waals surface area contributed by atoms with Gasteiger partial charge in [0.15, 0.2) is 0 Å². The van der Waals surface area contributed by atoms with Crippen molar-refractivity contribution in [2.75, 3.05) is 24.2 Å². The Labute approximate surface area is 173 Å². The third-order valence-corrected chi connectivity index (χ3v) is 6.35. The maximum absolute atomic E-state index is 12.7. The van der Waals surface area contributed by atoms with E-state index in [1.54, 1.807) is 29.0 Å². The van der Waals surface area contributed by atoms with Crippen molar-refractivity contribution in [3.05, 3.63) is 58.1 Å². The van der Waals surface area contributed by atoms with Gasteiger partial charge in [-0.15, -0.1) is 11.8 Å². The molecule has 0 N–H and O–H groups in total. The van der Waals surface area contributed by atoms with Gasteiger partial charge in [-0.2, -0.15) is 0 Å². The van der Waals surface area contributed by atoms with E-state index in [-0.39, 0.29) is 24.3 Å². The molecule has 4 nitrogen and oxygen atoms in total. The van der Waals surface area contributed by atoms with Gasteiger partial charge in [-0.1, -0.05) is 41.4 Å². The van der Waals surface area contributed by atoms with Crippen LogP contribution in [0.3, 0.4) is 0 Å². The zero-order chi connectivity index (χ0) is 19.6. The molecule has 3 rings (SSSR count). The number of nitrogens with zero attached hydrogens (tertiary/aromatic N) is 2. The standard InChI is InChI=1S/C20H20Cl2N2O2S/c1-13(15-8-7-14(21)11-16(15)22)23(2)19(25)9-10-24-17-5-3-4-6-18(17)27-12-20(24)26/h3-8,11,13H,9-10,12H2,1-2H3. The lowest BCUT2D eigenvalue weighted by molar-refractivity contribution is -0.131. The molecule has 7 heteroatoms. The van der Waals surface area contributed by atoms with Gasteiger partial charge in [-0.3, -0.25) is 9.59 Å².